The van der Waals surface area contributed by atoms with Gasteiger partial charge in [-0.25, -0.2) is 15.0 Å². The Morgan fingerprint density at radius 2 is 2.35 bits per heavy atom. The Labute approximate surface area is 102 Å². The second kappa shape index (κ2) is 5.13. The molecule has 0 amide bonds. The van der Waals surface area contributed by atoms with E-state index in [-0.39, 0.29) is 0 Å². The van der Waals surface area contributed by atoms with E-state index in [1.165, 1.54) is 24.4 Å². The molecule has 90 valence electrons. The first-order valence-corrected chi connectivity index (χ1v) is 6.14. The van der Waals surface area contributed by atoms with E-state index in [1.54, 1.807) is 0 Å². The monoisotopic (exact) mass is 252 g/mol. The molecular formula is C10H12N4O2S. The molecule has 7 heteroatoms. The lowest BCUT2D eigenvalue weighted by molar-refractivity contribution is -0.136. The van der Waals surface area contributed by atoms with Gasteiger partial charge in [-0.15, -0.1) is 0 Å². The van der Waals surface area contributed by atoms with Gasteiger partial charge in [0, 0.05) is 0 Å². The van der Waals surface area contributed by atoms with Crippen LogP contribution in [0, 0.1) is 0 Å². The summed E-state index contributed by atoms with van der Waals surface area (Å²) >= 11 is 1.23. The van der Waals surface area contributed by atoms with Crippen LogP contribution in [0.2, 0.25) is 0 Å². The van der Waals surface area contributed by atoms with Gasteiger partial charge >= 0.3 is 5.97 Å². The fraction of sp³-hybridized carbons (Fsp3) is 0.400. The number of carboxylic acid groups (broad SMARTS) is 1. The van der Waals surface area contributed by atoms with Crippen molar-refractivity contribution in [3.8, 4) is 0 Å². The van der Waals surface area contributed by atoms with E-state index in [9.17, 15) is 4.79 Å². The van der Waals surface area contributed by atoms with Gasteiger partial charge in [-0.1, -0.05) is 25.1 Å². The fourth-order valence-electron chi connectivity index (χ4n) is 1.46. The zero-order valence-corrected chi connectivity index (χ0v) is 10.1. The summed E-state index contributed by atoms with van der Waals surface area (Å²) in [5.74, 6) is -0.817. The molecular weight excluding hydrogens is 240 g/mol. The van der Waals surface area contributed by atoms with Crippen LogP contribution in [-0.4, -0.2) is 36.3 Å². The molecule has 2 aromatic heterocycles. The molecule has 0 spiro atoms. The summed E-state index contributed by atoms with van der Waals surface area (Å²) in [7, 11) is 0. The zero-order valence-electron chi connectivity index (χ0n) is 9.25. The lowest BCUT2D eigenvalue weighted by Gasteiger charge is -2.09. The van der Waals surface area contributed by atoms with Crippen LogP contribution < -0.4 is 0 Å². The number of fused-ring (bicyclic) bond motifs is 1. The Morgan fingerprint density at radius 1 is 1.53 bits per heavy atom. The SMILES string of the molecule is CCCC(Sc1ncnc2nc[nH]c12)C(=O)O. The lowest BCUT2D eigenvalue weighted by atomic mass is 10.2. The first-order chi connectivity index (χ1) is 8.22. The number of H-pyrrole nitrogens is 1. The second-order valence-electron chi connectivity index (χ2n) is 3.51. The largest absolute Gasteiger partial charge is 0.480 e. The smallest absolute Gasteiger partial charge is 0.317 e. The molecule has 0 saturated heterocycles. The summed E-state index contributed by atoms with van der Waals surface area (Å²) in [4.78, 5) is 26.1. The van der Waals surface area contributed by atoms with Gasteiger partial charge in [0.2, 0.25) is 0 Å². The van der Waals surface area contributed by atoms with Crippen molar-refractivity contribution < 1.29 is 9.90 Å². The van der Waals surface area contributed by atoms with Crippen molar-refractivity contribution >= 4 is 28.9 Å². The lowest BCUT2D eigenvalue weighted by Crippen LogP contribution is -2.16. The van der Waals surface area contributed by atoms with Crippen molar-refractivity contribution in [1.82, 2.24) is 19.9 Å². The summed E-state index contributed by atoms with van der Waals surface area (Å²) in [6.45, 7) is 1.96. The molecule has 0 bridgehead atoms. The normalized spacial score (nSPS) is 12.8. The summed E-state index contributed by atoms with van der Waals surface area (Å²) in [6, 6.07) is 0. The third kappa shape index (κ3) is 2.55. The topological polar surface area (TPSA) is 91.8 Å². The Hall–Kier alpha value is -1.63. The highest BCUT2D eigenvalue weighted by molar-refractivity contribution is 8.00. The van der Waals surface area contributed by atoms with Crippen molar-refractivity contribution in [2.75, 3.05) is 0 Å². The maximum atomic E-state index is 11.1. The molecule has 17 heavy (non-hydrogen) atoms. The second-order valence-corrected chi connectivity index (χ2v) is 4.70. The van der Waals surface area contributed by atoms with Crippen LogP contribution in [0.5, 0.6) is 0 Å². The van der Waals surface area contributed by atoms with Crippen LogP contribution in [0.1, 0.15) is 19.8 Å². The molecule has 1 atom stereocenters. The molecule has 0 aliphatic heterocycles. The minimum Gasteiger partial charge on any atom is -0.480 e. The predicted molar refractivity (Wildman–Crippen MR) is 63.9 cm³/mol. The van der Waals surface area contributed by atoms with E-state index >= 15 is 0 Å². The number of nitrogens with zero attached hydrogens (tertiary/aromatic N) is 3. The molecule has 2 N–H and O–H groups in total. The molecule has 2 rings (SSSR count). The number of hydrogen-bond donors (Lipinski definition) is 2. The molecule has 0 radical (unpaired) electrons. The van der Waals surface area contributed by atoms with Crippen molar-refractivity contribution in [2.45, 2.75) is 30.0 Å². The molecule has 0 aromatic carbocycles. The van der Waals surface area contributed by atoms with Gasteiger partial charge in [-0.2, -0.15) is 0 Å². The third-order valence-electron chi connectivity index (χ3n) is 2.27. The number of hydrogen-bond acceptors (Lipinski definition) is 5. The summed E-state index contributed by atoms with van der Waals surface area (Å²) < 4.78 is 0. The average Bonchev–Trinajstić information content (AvgIpc) is 2.77. The first kappa shape index (κ1) is 11.8. The maximum absolute atomic E-state index is 11.1. The molecule has 0 aliphatic rings. The first-order valence-electron chi connectivity index (χ1n) is 5.26. The van der Waals surface area contributed by atoms with E-state index in [2.05, 4.69) is 19.9 Å². The number of nitrogens with one attached hydrogen (secondary N) is 1. The highest BCUT2D eigenvalue weighted by Gasteiger charge is 2.20. The van der Waals surface area contributed by atoms with Crippen LogP contribution in [0.25, 0.3) is 11.2 Å². The van der Waals surface area contributed by atoms with Crippen LogP contribution in [0.3, 0.4) is 0 Å². The molecule has 0 fully saturated rings. The van der Waals surface area contributed by atoms with E-state index < -0.39 is 11.2 Å². The van der Waals surface area contributed by atoms with E-state index in [0.717, 1.165) is 6.42 Å². The van der Waals surface area contributed by atoms with Gasteiger partial charge in [0.25, 0.3) is 0 Å². The van der Waals surface area contributed by atoms with Gasteiger partial charge in [-0.05, 0) is 6.42 Å². The van der Waals surface area contributed by atoms with Crippen LogP contribution in [0.15, 0.2) is 17.7 Å². The molecule has 2 heterocycles. The zero-order chi connectivity index (χ0) is 12.3. The molecule has 0 saturated carbocycles. The van der Waals surface area contributed by atoms with Gasteiger partial charge in [0.15, 0.2) is 5.65 Å². The predicted octanol–water partition coefficient (Wildman–Crippen LogP) is 1.70. The number of carbonyl (C=O) groups is 1. The van der Waals surface area contributed by atoms with Crippen LogP contribution >= 0.6 is 11.8 Å². The summed E-state index contributed by atoms with van der Waals surface area (Å²) in [6.07, 6.45) is 4.36. The summed E-state index contributed by atoms with van der Waals surface area (Å²) in [5, 5.41) is 9.25. The maximum Gasteiger partial charge on any atom is 0.317 e. The minimum absolute atomic E-state index is 0.485. The van der Waals surface area contributed by atoms with E-state index in [0.29, 0.717) is 22.6 Å². The van der Waals surface area contributed by atoms with Crippen LogP contribution in [-0.2, 0) is 4.79 Å². The van der Waals surface area contributed by atoms with Crippen LogP contribution in [0.4, 0.5) is 0 Å². The number of carboxylic acids is 1. The number of aromatic nitrogens is 4. The number of aromatic amines is 1. The number of rotatable bonds is 5. The van der Waals surface area contributed by atoms with Gasteiger partial charge in [-0.3, -0.25) is 4.79 Å². The van der Waals surface area contributed by atoms with Gasteiger partial charge in [0.1, 0.15) is 22.1 Å². The van der Waals surface area contributed by atoms with Gasteiger partial charge < -0.3 is 10.1 Å². The highest BCUT2D eigenvalue weighted by Crippen LogP contribution is 2.28. The van der Waals surface area contributed by atoms with E-state index in [4.69, 9.17) is 5.11 Å². The third-order valence-corrected chi connectivity index (χ3v) is 3.52. The fourth-order valence-corrected chi connectivity index (χ4v) is 2.56. The Kier molecular flexibility index (Phi) is 3.58. The van der Waals surface area contributed by atoms with Crippen molar-refractivity contribution in [2.24, 2.45) is 0 Å². The molecule has 1 unspecified atom stereocenters. The Bertz CT molecular complexity index is 528. The molecule has 6 nitrogen and oxygen atoms in total. The Balaban J connectivity index is 2.27. The van der Waals surface area contributed by atoms with Crippen molar-refractivity contribution in [1.29, 1.82) is 0 Å². The standard InChI is InChI=1S/C10H12N4O2S/c1-2-3-6(10(15)16)17-9-7-8(12-4-11-7)13-5-14-9/h4-6H,2-3H2,1H3,(H,15,16)(H,11,12,13,14). The minimum atomic E-state index is -0.817. The quantitative estimate of drug-likeness (QED) is 0.621. The molecule has 2 aromatic rings. The Morgan fingerprint density at radius 3 is 3.06 bits per heavy atom. The number of thioether (sulfide) groups is 1. The summed E-state index contributed by atoms with van der Waals surface area (Å²) in [5.41, 5.74) is 1.25. The van der Waals surface area contributed by atoms with E-state index in [1.807, 2.05) is 6.92 Å². The number of aliphatic carboxylic acids is 1. The average molecular weight is 252 g/mol. The number of imidazole rings is 1. The van der Waals surface area contributed by atoms with Crippen molar-refractivity contribution in [3.05, 3.63) is 12.7 Å². The van der Waals surface area contributed by atoms with Gasteiger partial charge in [0.05, 0.1) is 6.33 Å². The highest BCUT2D eigenvalue weighted by atomic mass is 32.2. The molecule has 0 aliphatic carbocycles. The van der Waals surface area contributed by atoms with Crippen molar-refractivity contribution in [3.63, 3.8) is 0 Å².